The summed E-state index contributed by atoms with van der Waals surface area (Å²) in [6, 6.07) is 13.6. The minimum absolute atomic E-state index is 0.0766. The van der Waals surface area contributed by atoms with E-state index in [9.17, 15) is 4.79 Å². The largest absolute Gasteiger partial charge is 0.286 e. The predicted octanol–water partition coefficient (Wildman–Crippen LogP) is 3.35. The highest BCUT2D eigenvalue weighted by molar-refractivity contribution is 7.80. The van der Waals surface area contributed by atoms with Crippen LogP contribution in [0, 0.1) is 0 Å². The fraction of sp³-hybridized carbons (Fsp3) is 0.0667. The van der Waals surface area contributed by atoms with Crippen molar-refractivity contribution in [1.29, 1.82) is 0 Å². The Bertz CT molecular complexity index is 677. The van der Waals surface area contributed by atoms with Crippen molar-refractivity contribution in [2.24, 2.45) is 0 Å². The van der Waals surface area contributed by atoms with Crippen LogP contribution in [-0.2, 0) is 4.79 Å². The molecule has 1 amide bonds. The number of thiocarbonyl (C=S) groups is 1. The first-order valence-corrected chi connectivity index (χ1v) is 7.39. The second kappa shape index (κ2) is 5.19. The molecule has 0 atom stereocenters. The van der Waals surface area contributed by atoms with Crippen LogP contribution in [0.15, 0.2) is 53.5 Å². The van der Waals surface area contributed by atoms with E-state index >= 15 is 0 Å². The Kier molecular flexibility index (Phi) is 3.38. The van der Waals surface area contributed by atoms with Gasteiger partial charge in [-0.15, -0.1) is 11.3 Å². The zero-order valence-corrected chi connectivity index (χ0v) is 12.4. The van der Waals surface area contributed by atoms with E-state index in [2.05, 4.69) is 0 Å². The first-order chi connectivity index (χ1) is 9.68. The summed E-state index contributed by atoms with van der Waals surface area (Å²) < 4.78 is 0. The third kappa shape index (κ3) is 2.15. The molecule has 5 heteroatoms. The zero-order valence-electron chi connectivity index (χ0n) is 10.8. The summed E-state index contributed by atoms with van der Waals surface area (Å²) >= 11 is 6.98. The number of carbonyl (C=O) groups excluding carboxylic acids is 1. The minimum atomic E-state index is -0.0766. The summed E-state index contributed by atoms with van der Waals surface area (Å²) in [5, 5.41) is 2.49. The molecule has 1 aromatic heterocycles. The topological polar surface area (TPSA) is 23.6 Å². The second-order valence-electron chi connectivity index (χ2n) is 4.36. The molecule has 0 bridgehead atoms. The Morgan fingerprint density at radius 1 is 1.15 bits per heavy atom. The summed E-state index contributed by atoms with van der Waals surface area (Å²) in [4.78, 5) is 16.7. The smallest absolute Gasteiger partial charge is 0.276 e. The van der Waals surface area contributed by atoms with Crippen LogP contribution in [0.2, 0.25) is 0 Å². The van der Waals surface area contributed by atoms with E-state index in [1.54, 1.807) is 18.4 Å². The van der Waals surface area contributed by atoms with Gasteiger partial charge in [-0.3, -0.25) is 14.6 Å². The maximum atomic E-state index is 12.4. The van der Waals surface area contributed by atoms with Gasteiger partial charge in [0.05, 0.1) is 0 Å². The van der Waals surface area contributed by atoms with Gasteiger partial charge in [0.2, 0.25) is 0 Å². The molecule has 0 saturated carbocycles. The molecule has 0 spiro atoms. The number of thiophene rings is 1. The highest BCUT2D eigenvalue weighted by Gasteiger charge is 2.36. The summed E-state index contributed by atoms with van der Waals surface area (Å²) in [5.74, 6) is -0.0766. The molecule has 1 saturated heterocycles. The molecule has 100 valence electrons. The number of nitrogens with zero attached hydrogens (tertiary/aromatic N) is 2. The number of likely N-dealkylation sites (N-methyl/N-ethyl adjacent to an activating group) is 1. The second-order valence-corrected chi connectivity index (χ2v) is 5.71. The fourth-order valence-electron chi connectivity index (χ4n) is 2.07. The van der Waals surface area contributed by atoms with Gasteiger partial charge in [0.25, 0.3) is 5.91 Å². The normalized spacial score (nSPS) is 17.4. The number of hydrogen-bond acceptors (Lipinski definition) is 3. The molecule has 1 aliphatic heterocycles. The monoisotopic (exact) mass is 300 g/mol. The first kappa shape index (κ1) is 13.0. The molecule has 1 aliphatic rings. The van der Waals surface area contributed by atoms with E-state index in [-0.39, 0.29) is 5.91 Å². The molecule has 0 aliphatic carbocycles. The van der Waals surface area contributed by atoms with E-state index in [1.807, 2.05) is 58.8 Å². The van der Waals surface area contributed by atoms with Gasteiger partial charge in [0, 0.05) is 17.6 Å². The number of benzene rings is 1. The lowest BCUT2D eigenvalue weighted by Crippen LogP contribution is -2.29. The lowest BCUT2D eigenvalue weighted by atomic mass is 10.2. The van der Waals surface area contributed by atoms with Crippen molar-refractivity contribution in [2.75, 3.05) is 11.9 Å². The Morgan fingerprint density at radius 2 is 1.90 bits per heavy atom. The number of rotatable bonds is 2. The van der Waals surface area contributed by atoms with Gasteiger partial charge in [-0.25, -0.2) is 0 Å². The van der Waals surface area contributed by atoms with E-state index in [4.69, 9.17) is 12.2 Å². The van der Waals surface area contributed by atoms with Crippen LogP contribution < -0.4 is 4.90 Å². The standard InChI is InChI=1S/C15H12N2OS2/c1-16-14(18)13(10-12-8-5-9-20-12)17(15(16)19)11-6-3-2-4-7-11/h2-10H,1H3/b13-10-. The summed E-state index contributed by atoms with van der Waals surface area (Å²) in [6.45, 7) is 0. The summed E-state index contributed by atoms with van der Waals surface area (Å²) in [6.07, 6.45) is 1.88. The number of carbonyl (C=O) groups is 1. The van der Waals surface area contributed by atoms with E-state index in [0.29, 0.717) is 10.8 Å². The molecule has 1 aromatic carbocycles. The Hall–Kier alpha value is -1.98. The number of amides is 1. The average molecular weight is 300 g/mol. The van der Waals surface area contributed by atoms with Crippen molar-refractivity contribution in [3.63, 3.8) is 0 Å². The number of para-hydroxylation sites is 1. The van der Waals surface area contributed by atoms with Crippen LogP contribution in [0.25, 0.3) is 6.08 Å². The van der Waals surface area contributed by atoms with Crippen LogP contribution in [0.5, 0.6) is 0 Å². The number of hydrogen-bond donors (Lipinski definition) is 0. The first-order valence-electron chi connectivity index (χ1n) is 6.11. The van der Waals surface area contributed by atoms with Gasteiger partial charge in [-0.2, -0.15) is 0 Å². The zero-order chi connectivity index (χ0) is 14.1. The third-order valence-corrected chi connectivity index (χ3v) is 4.36. The van der Waals surface area contributed by atoms with Crippen molar-refractivity contribution in [3.8, 4) is 0 Å². The van der Waals surface area contributed by atoms with E-state index in [0.717, 1.165) is 10.6 Å². The van der Waals surface area contributed by atoms with Gasteiger partial charge < -0.3 is 0 Å². The minimum Gasteiger partial charge on any atom is -0.286 e. The van der Waals surface area contributed by atoms with Gasteiger partial charge in [0.1, 0.15) is 5.70 Å². The Morgan fingerprint density at radius 3 is 2.55 bits per heavy atom. The van der Waals surface area contributed by atoms with E-state index in [1.165, 1.54) is 4.90 Å². The van der Waals surface area contributed by atoms with Crippen molar-refractivity contribution in [1.82, 2.24) is 4.90 Å². The molecular formula is C15H12N2OS2. The lowest BCUT2D eigenvalue weighted by molar-refractivity contribution is -0.121. The van der Waals surface area contributed by atoms with Crippen molar-refractivity contribution < 1.29 is 4.79 Å². The van der Waals surface area contributed by atoms with E-state index < -0.39 is 0 Å². The quantitative estimate of drug-likeness (QED) is 0.628. The Labute approximate surface area is 126 Å². The molecule has 0 radical (unpaired) electrons. The summed E-state index contributed by atoms with van der Waals surface area (Å²) in [5.41, 5.74) is 1.49. The maximum absolute atomic E-state index is 12.4. The lowest BCUT2D eigenvalue weighted by Gasteiger charge is -2.18. The molecule has 20 heavy (non-hydrogen) atoms. The molecule has 3 rings (SSSR count). The maximum Gasteiger partial charge on any atom is 0.276 e. The SMILES string of the molecule is CN1C(=O)/C(=C/c2cccs2)N(c2ccccc2)C1=S. The highest BCUT2D eigenvalue weighted by atomic mass is 32.1. The molecule has 3 nitrogen and oxygen atoms in total. The van der Waals surface area contributed by atoms with Crippen molar-refractivity contribution >= 4 is 46.3 Å². The summed E-state index contributed by atoms with van der Waals surface area (Å²) in [7, 11) is 1.70. The Balaban J connectivity index is 2.10. The van der Waals surface area contributed by atoms with Crippen molar-refractivity contribution in [3.05, 3.63) is 58.4 Å². The fourth-order valence-corrected chi connectivity index (χ4v) is 3.01. The molecule has 0 unspecified atom stereocenters. The molecular weight excluding hydrogens is 288 g/mol. The molecule has 1 fully saturated rings. The van der Waals surface area contributed by atoms with Gasteiger partial charge in [-0.05, 0) is 41.9 Å². The third-order valence-electron chi connectivity index (χ3n) is 3.08. The van der Waals surface area contributed by atoms with Gasteiger partial charge in [-0.1, -0.05) is 24.3 Å². The van der Waals surface area contributed by atoms with Crippen LogP contribution in [-0.4, -0.2) is 23.0 Å². The number of anilines is 1. The van der Waals surface area contributed by atoms with Crippen LogP contribution in [0.3, 0.4) is 0 Å². The molecule has 2 aromatic rings. The van der Waals surface area contributed by atoms with Crippen LogP contribution in [0.4, 0.5) is 5.69 Å². The average Bonchev–Trinajstić information content (AvgIpc) is 3.05. The molecule has 0 N–H and O–H groups in total. The van der Waals surface area contributed by atoms with Crippen LogP contribution in [0.1, 0.15) is 4.88 Å². The van der Waals surface area contributed by atoms with Gasteiger partial charge in [0.15, 0.2) is 5.11 Å². The highest BCUT2D eigenvalue weighted by Crippen LogP contribution is 2.29. The van der Waals surface area contributed by atoms with Crippen molar-refractivity contribution in [2.45, 2.75) is 0 Å². The molecule has 2 heterocycles. The van der Waals surface area contributed by atoms with Crippen LogP contribution >= 0.6 is 23.6 Å². The van der Waals surface area contributed by atoms with Gasteiger partial charge >= 0.3 is 0 Å². The predicted molar refractivity (Wildman–Crippen MR) is 86.6 cm³/mol.